The Morgan fingerprint density at radius 2 is 1.74 bits per heavy atom. The molecule has 1 aliphatic rings. The molecule has 0 aromatic heterocycles. The van der Waals surface area contributed by atoms with E-state index in [1.807, 2.05) is 36.4 Å². The van der Waals surface area contributed by atoms with Crippen LogP contribution < -0.4 is 14.8 Å². The summed E-state index contributed by atoms with van der Waals surface area (Å²) in [5.41, 5.74) is 1.81. The van der Waals surface area contributed by atoms with Crippen LogP contribution in [0.3, 0.4) is 0 Å². The average Bonchev–Trinajstić information content (AvgIpc) is 2.85. The molecule has 0 saturated carbocycles. The van der Waals surface area contributed by atoms with Crippen LogP contribution in [0.5, 0.6) is 11.5 Å². The van der Waals surface area contributed by atoms with Gasteiger partial charge in [0.2, 0.25) is 6.79 Å². The van der Waals surface area contributed by atoms with Crippen LogP contribution in [-0.2, 0) is 6.54 Å². The molecule has 3 rings (SSSR count). The second kappa shape index (κ2) is 5.19. The van der Waals surface area contributed by atoms with Crippen LogP contribution in [0.1, 0.15) is 5.56 Å². The molecule has 98 valence electrons. The van der Waals surface area contributed by atoms with E-state index < -0.39 is 0 Å². The van der Waals surface area contributed by atoms with Crippen LogP contribution >= 0.6 is 23.2 Å². The third-order valence-electron chi connectivity index (χ3n) is 2.90. The molecule has 0 radical (unpaired) electrons. The predicted octanol–water partition coefficient (Wildman–Crippen LogP) is 4.33. The summed E-state index contributed by atoms with van der Waals surface area (Å²) in [6, 6.07) is 11.2. The number of hydrogen-bond acceptors (Lipinski definition) is 3. The third-order valence-corrected chi connectivity index (χ3v) is 3.61. The van der Waals surface area contributed by atoms with Gasteiger partial charge in [0.05, 0.1) is 0 Å². The Labute approximate surface area is 121 Å². The fraction of sp³-hybridized carbons (Fsp3) is 0.143. The number of fused-ring (bicyclic) bond motifs is 1. The van der Waals surface area contributed by atoms with Crippen molar-refractivity contribution >= 4 is 28.9 Å². The number of hydrogen-bond donors (Lipinski definition) is 1. The van der Waals surface area contributed by atoms with Gasteiger partial charge in [0, 0.05) is 33.9 Å². The largest absolute Gasteiger partial charge is 0.454 e. The smallest absolute Gasteiger partial charge is 0.231 e. The van der Waals surface area contributed by atoms with Crippen molar-refractivity contribution in [2.45, 2.75) is 6.54 Å². The van der Waals surface area contributed by atoms with Crippen LogP contribution in [0.25, 0.3) is 0 Å². The number of nitrogens with one attached hydrogen (secondary N) is 1. The molecule has 0 aliphatic carbocycles. The lowest BCUT2D eigenvalue weighted by molar-refractivity contribution is 0.174. The Balaban J connectivity index is 1.76. The molecule has 0 amide bonds. The van der Waals surface area contributed by atoms with Gasteiger partial charge < -0.3 is 14.8 Å². The zero-order valence-electron chi connectivity index (χ0n) is 9.95. The first-order chi connectivity index (χ1) is 9.24. The molecule has 1 N–H and O–H groups in total. The lowest BCUT2D eigenvalue weighted by Crippen LogP contribution is -2.00. The normalized spacial score (nSPS) is 12.5. The third kappa shape index (κ3) is 2.57. The molecule has 2 aromatic rings. The van der Waals surface area contributed by atoms with Crippen molar-refractivity contribution in [3.8, 4) is 11.5 Å². The zero-order valence-corrected chi connectivity index (χ0v) is 11.5. The van der Waals surface area contributed by atoms with Gasteiger partial charge in [-0.1, -0.05) is 29.3 Å². The van der Waals surface area contributed by atoms with E-state index in [1.165, 1.54) is 0 Å². The minimum absolute atomic E-state index is 0.273. The van der Waals surface area contributed by atoms with Crippen molar-refractivity contribution in [3.63, 3.8) is 0 Å². The molecule has 19 heavy (non-hydrogen) atoms. The minimum atomic E-state index is 0.273. The number of benzene rings is 2. The zero-order chi connectivity index (χ0) is 13.2. The summed E-state index contributed by atoms with van der Waals surface area (Å²) in [4.78, 5) is 0. The van der Waals surface area contributed by atoms with Crippen LogP contribution in [0.15, 0.2) is 36.4 Å². The molecule has 0 unspecified atom stereocenters. The van der Waals surface area contributed by atoms with E-state index in [2.05, 4.69) is 5.32 Å². The molecular weight excluding hydrogens is 285 g/mol. The summed E-state index contributed by atoms with van der Waals surface area (Å²) in [7, 11) is 0. The van der Waals surface area contributed by atoms with Gasteiger partial charge in [0.15, 0.2) is 11.5 Å². The summed E-state index contributed by atoms with van der Waals surface area (Å²) >= 11 is 12.2. The Morgan fingerprint density at radius 1 is 1.00 bits per heavy atom. The standard InChI is InChI=1S/C14H11Cl2NO2/c15-11-2-1-3-12(16)10(11)7-17-9-4-5-13-14(6-9)19-8-18-13/h1-6,17H,7-8H2. The van der Waals surface area contributed by atoms with Crippen LogP contribution in [0.4, 0.5) is 5.69 Å². The lowest BCUT2D eigenvalue weighted by Gasteiger charge is -2.10. The van der Waals surface area contributed by atoms with Crippen LogP contribution in [0.2, 0.25) is 10.0 Å². The van der Waals surface area contributed by atoms with Gasteiger partial charge >= 0.3 is 0 Å². The van der Waals surface area contributed by atoms with Gasteiger partial charge in [-0.05, 0) is 24.3 Å². The summed E-state index contributed by atoms with van der Waals surface area (Å²) in [6.45, 7) is 0.827. The monoisotopic (exact) mass is 295 g/mol. The van der Waals surface area contributed by atoms with E-state index >= 15 is 0 Å². The summed E-state index contributed by atoms with van der Waals surface area (Å²) in [5, 5.41) is 4.57. The molecule has 5 heteroatoms. The van der Waals surface area contributed by atoms with Crippen LogP contribution in [0, 0.1) is 0 Å². The SMILES string of the molecule is Clc1cccc(Cl)c1CNc1ccc2c(c1)OCO2. The first-order valence-electron chi connectivity index (χ1n) is 5.80. The highest BCUT2D eigenvalue weighted by molar-refractivity contribution is 6.36. The molecule has 0 fully saturated rings. The second-order valence-corrected chi connectivity index (χ2v) is 4.94. The lowest BCUT2D eigenvalue weighted by atomic mass is 10.2. The van der Waals surface area contributed by atoms with Crippen molar-refractivity contribution in [1.82, 2.24) is 0 Å². The van der Waals surface area contributed by atoms with Gasteiger partial charge in [-0.15, -0.1) is 0 Å². The van der Waals surface area contributed by atoms with Gasteiger partial charge in [-0.25, -0.2) is 0 Å². The quantitative estimate of drug-likeness (QED) is 0.914. The number of halogens is 2. The van der Waals surface area contributed by atoms with Crippen molar-refractivity contribution < 1.29 is 9.47 Å². The van der Waals surface area contributed by atoms with Crippen molar-refractivity contribution in [3.05, 3.63) is 52.0 Å². The molecule has 3 nitrogen and oxygen atoms in total. The predicted molar refractivity (Wildman–Crippen MR) is 76.4 cm³/mol. The first kappa shape index (κ1) is 12.5. The highest BCUT2D eigenvalue weighted by Crippen LogP contribution is 2.34. The highest BCUT2D eigenvalue weighted by Gasteiger charge is 2.13. The Hall–Kier alpha value is -1.58. The van der Waals surface area contributed by atoms with E-state index in [9.17, 15) is 0 Å². The van der Waals surface area contributed by atoms with Crippen molar-refractivity contribution in [1.29, 1.82) is 0 Å². The Kier molecular flexibility index (Phi) is 3.40. The maximum absolute atomic E-state index is 6.12. The molecule has 1 aliphatic heterocycles. The molecule has 1 heterocycles. The molecule has 0 spiro atoms. The molecular formula is C14H11Cl2NO2. The van der Waals surface area contributed by atoms with E-state index in [0.717, 1.165) is 22.7 Å². The molecule has 0 atom stereocenters. The van der Waals surface area contributed by atoms with E-state index in [-0.39, 0.29) is 6.79 Å². The number of rotatable bonds is 3. The van der Waals surface area contributed by atoms with E-state index in [4.69, 9.17) is 32.7 Å². The van der Waals surface area contributed by atoms with E-state index in [1.54, 1.807) is 0 Å². The average molecular weight is 296 g/mol. The minimum Gasteiger partial charge on any atom is -0.454 e. The summed E-state index contributed by atoms with van der Waals surface area (Å²) in [6.07, 6.45) is 0. The van der Waals surface area contributed by atoms with Gasteiger partial charge in [-0.3, -0.25) is 0 Å². The number of anilines is 1. The summed E-state index contributed by atoms with van der Waals surface area (Å²) < 4.78 is 10.6. The fourth-order valence-electron chi connectivity index (χ4n) is 1.90. The van der Waals surface area contributed by atoms with Crippen molar-refractivity contribution in [2.24, 2.45) is 0 Å². The van der Waals surface area contributed by atoms with E-state index in [0.29, 0.717) is 16.6 Å². The Morgan fingerprint density at radius 3 is 2.53 bits per heavy atom. The molecule has 0 bridgehead atoms. The van der Waals surface area contributed by atoms with Gasteiger partial charge in [0.25, 0.3) is 0 Å². The van der Waals surface area contributed by atoms with Crippen molar-refractivity contribution in [2.75, 3.05) is 12.1 Å². The Bertz CT molecular complexity index is 596. The first-order valence-corrected chi connectivity index (χ1v) is 6.56. The van der Waals surface area contributed by atoms with Gasteiger partial charge in [-0.2, -0.15) is 0 Å². The second-order valence-electron chi connectivity index (χ2n) is 4.12. The number of ether oxygens (including phenoxy) is 2. The van der Waals surface area contributed by atoms with Gasteiger partial charge in [0.1, 0.15) is 0 Å². The highest BCUT2D eigenvalue weighted by atomic mass is 35.5. The summed E-state index contributed by atoms with van der Waals surface area (Å²) in [5.74, 6) is 1.51. The topological polar surface area (TPSA) is 30.5 Å². The van der Waals surface area contributed by atoms with Crippen LogP contribution in [-0.4, -0.2) is 6.79 Å². The maximum Gasteiger partial charge on any atom is 0.231 e. The maximum atomic E-state index is 6.12. The fourth-order valence-corrected chi connectivity index (χ4v) is 2.43. The molecule has 2 aromatic carbocycles. The molecule has 0 saturated heterocycles.